The van der Waals surface area contributed by atoms with Crippen molar-refractivity contribution in [2.24, 2.45) is 5.92 Å². The number of pyridine rings is 1. The summed E-state index contributed by atoms with van der Waals surface area (Å²) in [5, 5.41) is 3.79. The summed E-state index contributed by atoms with van der Waals surface area (Å²) in [4.78, 5) is 30.2. The number of fused-ring (bicyclic) bond motifs is 1. The van der Waals surface area contributed by atoms with Gasteiger partial charge in [-0.15, -0.1) is 0 Å². The average molecular weight is 425 g/mol. The van der Waals surface area contributed by atoms with Crippen LogP contribution in [-0.2, 0) is 9.59 Å². The van der Waals surface area contributed by atoms with Crippen molar-refractivity contribution in [1.29, 1.82) is 0 Å². The van der Waals surface area contributed by atoms with Crippen molar-refractivity contribution in [3.63, 3.8) is 0 Å². The summed E-state index contributed by atoms with van der Waals surface area (Å²) in [7, 11) is 0. The molecule has 1 aliphatic rings. The Hall–Kier alpha value is -3.55. The van der Waals surface area contributed by atoms with Gasteiger partial charge in [0.2, 0.25) is 11.8 Å². The van der Waals surface area contributed by atoms with Crippen LogP contribution in [-0.4, -0.2) is 36.5 Å². The van der Waals surface area contributed by atoms with Crippen LogP contribution in [0, 0.1) is 17.6 Å². The lowest BCUT2D eigenvalue weighted by molar-refractivity contribution is -0.126. The van der Waals surface area contributed by atoms with Crippen LogP contribution in [0.5, 0.6) is 5.75 Å². The van der Waals surface area contributed by atoms with Gasteiger partial charge in [-0.3, -0.25) is 14.6 Å². The van der Waals surface area contributed by atoms with E-state index in [-0.39, 0.29) is 30.5 Å². The third kappa shape index (κ3) is 4.79. The smallest absolute Gasteiger partial charge is 0.227 e. The molecule has 2 heterocycles. The Morgan fingerprint density at radius 2 is 1.94 bits per heavy atom. The van der Waals surface area contributed by atoms with Gasteiger partial charge in [0.05, 0.1) is 12.5 Å². The number of anilines is 1. The highest BCUT2D eigenvalue weighted by molar-refractivity contribution is 6.00. The van der Waals surface area contributed by atoms with Crippen LogP contribution < -0.4 is 15.0 Å². The van der Waals surface area contributed by atoms with E-state index in [0.29, 0.717) is 25.3 Å². The summed E-state index contributed by atoms with van der Waals surface area (Å²) in [5.41, 5.74) is 0.905. The van der Waals surface area contributed by atoms with Crippen LogP contribution in [0.2, 0.25) is 0 Å². The molecule has 0 aliphatic carbocycles. The molecule has 1 aliphatic heterocycles. The molecule has 0 saturated carbocycles. The van der Waals surface area contributed by atoms with Gasteiger partial charge in [0.25, 0.3) is 0 Å². The third-order valence-corrected chi connectivity index (χ3v) is 5.13. The lowest BCUT2D eigenvalue weighted by Gasteiger charge is -2.17. The molecule has 0 radical (unpaired) electrons. The maximum Gasteiger partial charge on any atom is 0.227 e. The maximum atomic E-state index is 13.4. The van der Waals surface area contributed by atoms with E-state index < -0.39 is 17.6 Å². The molecule has 1 unspecified atom stereocenters. The maximum absolute atomic E-state index is 13.4. The molecule has 31 heavy (non-hydrogen) atoms. The van der Waals surface area contributed by atoms with Gasteiger partial charge in [0, 0.05) is 42.8 Å². The quantitative estimate of drug-likeness (QED) is 0.589. The van der Waals surface area contributed by atoms with Crippen molar-refractivity contribution in [3.05, 3.63) is 66.4 Å². The normalized spacial score (nSPS) is 16.0. The highest BCUT2D eigenvalue weighted by atomic mass is 19.1. The number of rotatable bonds is 7. The molecule has 8 heteroatoms. The lowest BCUT2D eigenvalue weighted by atomic mass is 10.1. The Labute approximate surface area is 177 Å². The van der Waals surface area contributed by atoms with E-state index >= 15 is 0 Å². The first kappa shape index (κ1) is 20.7. The predicted molar refractivity (Wildman–Crippen MR) is 112 cm³/mol. The monoisotopic (exact) mass is 425 g/mol. The van der Waals surface area contributed by atoms with E-state index in [1.165, 1.54) is 4.90 Å². The van der Waals surface area contributed by atoms with Crippen molar-refractivity contribution in [2.45, 2.75) is 12.8 Å². The molecule has 0 bridgehead atoms. The highest BCUT2D eigenvalue weighted by Crippen LogP contribution is 2.27. The zero-order chi connectivity index (χ0) is 21.8. The molecular formula is C23H21F2N3O3. The fourth-order valence-electron chi connectivity index (χ4n) is 3.63. The Morgan fingerprint density at radius 3 is 2.74 bits per heavy atom. The SMILES string of the molecule is O=C(NCCCOc1cccc2cccnc12)C1CC(=O)N(c2cc(F)cc(F)c2)C1. The summed E-state index contributed by atoms with van der Waals surface area (Å²) in [6.07, 6.45) is 2.29. The van der Waals surface area contributed by atoms with E-state index in [2.05, 4.69) is 10.3 Å². The molecule has 1 fully saturated rings. The first-order valence-electron chi connectivity index (χ1n) is 10.0. The van der Waals surface area contributed by atoms with Gasteiger partial charge in [-0.25, -0.2) is 8.78 Å². The molecule has 4 rings (SSSR count). The van der Waals surface area contributed by atoms with Crippen LogP contribution in [0.25, 0.3) is 10.9 Å². The molecule has 1 saturated heterocycles. The molecule has 1 atom stereocenters. The Kier molecular flexibility index (Phi) is 6.06. The van der Waals surface area contributed by atoms with E-state index in [0.717, 1.165) is 29.1 Å². The number of halogens is 2. The van der Waals surface area contributed by atoms with Crippen molar-refractivity contribution < 1.29 is 23.1 Å². The van der Waals surface area contributed by atoms with Crippen LogP contribution in [0.1, 0.15) is 12.8 Å². The number of carbonyl (C=O) groups is 2. The predicted octanol–water partition coefficient (Wildman–Crippen LogP) is 3.45. The molecule has 0 spiro atoms. The fraction of sp³-hybridized carbons (Fsp3) is 0.261. The number of hydrogen-bond acceptors (Lipinski definition) is 4. The Balaban J connectivity index is 1.25. The van der Waals surface area contributed by atoms with Crippen molar-refractivity contribution >= 4 is 28.4 Å². The number of aromatic nitrogens is 1. The van der Waals surface area contributed by atoms with Gasteiger partial charge in [-0.05, 0) is 30.7 Å². The standard InChI is InChI=1S/C23H21F2N3O3/c24-17-11-18(25)13-19(12-17)28-14-16(10-21(28)29)23(30)27-8-3-9-31-20-6-1-4-15-5-2-7-26-22(15)20/h1-2,4-7,11-13,16H,3,8-10,14H2,(H,27,30). The van der Waals surface area contributed by atoms with E-state index in [1.54, 1.807) is 6.20 Å². The minimum Gasteiger partial charge on any atom is -0.491 e. The molecule has 3 aromatic rings. The number of carbonyl (C=O) groups excluding carboxylic acids is 2. The zero-order valence-corrected chi connectivity index (χ0v) is 16.7. The number of ether oxygens (including phenoxy) is 1. The molecule has 6 nitrogen and oxygen atoms in total. The summed E-state index contributed by atoms with van der Waals surface area (Å²) >= 11 is 0. The lowest BCUT2D eigenvalue weighted by Crippen LogP contribution is -2.34. The molecule has 1 aromatic heterocycles. The van der Waals surface area contributed by atoms with Crippen LogP contribution in [0.3, 0.4) is 0 Å². The van der Waals surface area contributed by atoms with E-state index in [1.807, 2.05) is 30.3 Å². The number of amides is 2. The molecular weight excluding hydrogens is 404 g/mol. The average Bonchev–Trinajstić information content (AvgIpc) is 3.14. The van der Waals surface area contributed by atoms with Crippen molar-refractivity contribution in [2.75, 3.05) is 24.6 Å². The van der Waals surface area contributed by atoms with E-state index in [4.69, 9.17) is 4.74 Å². The third-order valence-electron chi connectivity index (χ3n) is 5.13. The number of para-hydroxylation sites is 1. The zero-order valence-electron chi connectivity index (χ0n) is 16.7. The number of hydrogen-bond donors (Lipinski definition) is 1. The highest BCUT2D eigenvalue weighted by Gasteiger charge is 2.35. The largest absolute Gasteiger partial charge is 0.491 e. The minimum absolute atomic E-state index is 0.00212. The van der Waals surface area contributed by atoms with Crippen LogP contribution in [0.15, 0.2) is 54.7 Å². The Morgan fingerprint density at radius 1 is 1.16 bits per heavy atom. The summed E-state index contributed by atoms with van der Waals surface area (Å²) in [6.45, 7) is 0.871. The van der Waals surface area contributed by atoms with Gasteiger partial charge in [0.15, 0.2) is 0 Å². The second-order valence-electron chi connectivity index (χ2n) is 7.36. The van der Waals surface area contributed by atoms with Gasteiger partial charge in [-0.2, -0.15) is 0 Å². The first-order chi connectivity index (χ1) is 15.0. The van der Waals surface area contributed by atoms with Crippen LogP contribution >= 0.6 is 0 Å². The second-order valence-corrected chi connectivity index (χ2v) is 7.36. The van der Waals surface area contributed by atoms with Crippen molar-refractivity contribution in [1.82, 2.24) is 10.3 Å². The number of nitrogens with zero attached hydrogens (tertiary/aromatic N) is 2. The number of benzene rings is 2. The molecule has 2 aromatic carbocycles. The topological polar surface area (TPSA) is 71.5 Å². The van der Waals surface area contributed by atoms with Gasteiger partial charge < -0.3 is 15.0 Å². The van der Waals surface area contributed by atoms with Gasteiger partial charge in [-0.1, -0.05) is 18.2 Å². The van der Waals surface area contributed by atoms with Gasteiger partial charge in [0.1, 0.15) is 22.9 Å². The van der Waals surface area contributed by atoms with Crippen molar-refractivity contribution in [3.8, 4) is 5.75 Å². The minimum atomic E-state index is -0.767. The van der Waals surface area contributed by atoms with Crippen LogP contribution in [0.4, 0.5) is 14.5 Å². The Bertz CT molecular complexity index is 1100. The summed E-state index contributed by atoms with van der Waals surface area (Å²) in [6, 6.07) is 12.4. The second kappa shape index (κ2) is 9.07. The van der Waals surface area contributed by atoms with Gasteiger partial charge >= 0.3 is 0 Å². The molecule has 1 N–H and O–H groups in total. The molecule has 160 valence electrons. The number of nitrogens with one attached hydrogen (secondary N) is 1. The fourth-order valence-corrected chi connectivity index (χ4v) is 3.63. The molecule has 2 amide bonds. The summed E-state index contributed by atoms with van der Waals surface area (Å²) < 4.78 is 32.7. The van der Waals surface area contributed by atoms with E-state index in [9.17, 15) is 18.4 Å². The first-order valence-corrected chi connectivity index (χ1v) is 10.0. The summed E-state index contributed by atoms with van der Waals surface area (Å²) in [5.74, 6) is -2.02.